The third-order valence-electron chi connectivity index (χ3n) is 3.72. The van der Waals surface area contributed by atoms with Gasteiger partial charge in [-0.15, -0.1) is 0 Å². The number of nitrogens with zero attached hydrogens (tertiary/aromatic N) is 1. The maximum Gasteiger partial charge on any atom is 0.253 e. The number of carbonyl (C=O) groups excluding carboxylic acids is 1. The van der Waals surface area contributed by atoms with E-state index in [0.29, 0.717) is 23.9 Å². The topological polar surface area (TPSA) is 67.6 Å². The zero-order chi connectivity index (χ0) is 14.5. The van der Waals surface area contributed by atoms with Gasteiger partial charge < -0.3 is 20.7 Å². The second-order valence-corrected chi connectivity index (χ2v) is 5.06. The zero-order valence-electron chi connectivity index (χ0n) is 12.2. The van der Waals surface area contributed by atoms with E-state index < -0.39 is 0 Å². The van der Waals surface area contributed by atoms with Crippen molar-refractivity contribution in [3.8, 4) is 0 Å². The lowest BCUT2D eigenvalue weighted by Gasteiger charge is -2.34. The van der Waals surface area contributed by atoms with Crippen LogP contribution >= 0.6 is 0 Å². The van der Waals surface area contributed by atoms with Crippen LogP contribution in [0.2, 0.25) is 0 Å². The molecule has 0 spiro atoms. The minimum atomic E-state index is -0.0450. The van der Waals surface area contributed by atoms with Crippen molar-refractivity contribution in [3.63, 3.8) is 0 Å². The number of hydrogen-bond donors (Lipinski definition) is 2. The predicted molar refractivity (Wildman–Crippen MR) is 81.1 cm³/mol. The number of piperidine rings is 1. The lowest BCUT2D eigenvalue weighted by Crippen LogP contribution is -2.38. The Kier molecular flexibility index (Phi) is 4.84. The van der Waals surface area contributed by atoms with Crippen LogP contribution in [0, 0.1) is 0 Å². The largest absolute Gasteiger partial charge is 0.399 e. The molecule has 1 aromatic rings. The molecule has 0 unspecified atom stereocenters. The predicted octanol–water partition coefficient (Wildman–Crippen LogP) is 1.63. The van der Waals surface area contributed by atoms with Gasteiger partial charge in [0.25, 0.3) is 5.91 Å². The standard InChI is InChI=1S/C15H23N3O2/c1-3-17-15(19)13-5-4-11(16)10-14(13)18-8-6-12(20-2)7-9-18/h4-5,10,12H,3,6-9,16H2,1-2H3,(H,17,19). The van der Waals surface area contributed by atoms with Crippen LogP contribution in [0.3, 0.4) is 0 Å². The van der Waals surface area contributed by atoms with Crippen molar-refractivity contribution in [1.29, 1.82) is 0 Å². The van der Waals surface area contributed by atoms with Gasteiger partial charge in [-0.1, -0.05) is 0 Å². The van der Waals surface area contributed by atoms with Crippen molar-refractivity contribution in [2.24, 2.45) is 0 Å². The normalized spacial score (nSPS) is 16.2. The van der Waals surface area contributed by atoms with Crippen LogP contribution in [-0.4, -0.2) is 38.8 Å². The molecule has 2 rings (SSSR count). The first-order valence-electron chi connectivity index (χ1n) is 7.11. The molecule has 1 amide bonds. The van der Waals surface area contributed by atoms with Crippen molar-refractivity contribution < 1.29 is 9.53 Å². The van der Waals surface area contributed by atoms with Crippen LogP contribution in [0.1, 0.15) is 30.1 Å². The summed E-state index contributed by atoms with van der Waals surface area (Å²) in [6.45, 7) is 4.30. The van der Waals surface area contributed by atoms with Crippen molar-refractivity contribution in [2.75, 3.05) is 37.4 Å². The van der Waals surface area contributed by atoms with Crippen LogP contribution in [-0.2, 0) is 4.74 Å². The molecule has 0 saturated carbocycles. The molecule has 1 fully saturated rings. The van der Waals surface area contributed by atoms with Crippen molar-refractivity contribution in [3.05, 3.63) is 23.8 Å². The molecule has 0 aliphatic carbocycles. The van der Waals surface area contributed by atoms with E-state index in [0.717, 1.165) is 31.6 Å². The van der Waals surface area contributed by atoms with Crippen LogP contribution in [0.4, 0.5) is 11.4 Å². The summed E-state index contributed by atoms with van der Waals surface area (Å²) in [5.41, 5.74) is 8.17. The van der Waals surface area contributed by atoms with Crippen LogP contribution in [0.15, 0.2) is 18.2 Å². The van der Waals surface area contributed by atoms with E-state index in [9.17, 15) is 4.79 Å². The highest BCUT2D eigenvalue weighted by atomic mass is 16.5. The fourth-order valence-electron chi connectivity index (χ4n) is 2.59. The molecular formula is C15H23N3O2. The van der Waals surface area contributed by atoms with Gasteiger partial charge >= 0.3 is 0 Å². The van der Waals surface area contributed by atoms with Crippen molar-refractivity contribution >= 4 is 17.3 Å². The fourth-order valence-corrected chi connectivity index (χ4v) is 2.59. The summed E-state index contributed by atoms with van der Waals surface area (Å²) in [5, 5.41) is 2.85. The molecule has 0 aromatic heterocycles. The monoisotopic (exact) mass is 277 g/mol. The van der Waals surface area contributed by atoms with Gasteiger partial charge in [-0.3, -0.25) is 4.79 Å². The number of nitrogen functional groups attached to an aromatic ring is 1. The van der Waals surface area contributed by atoms with E-state index in [-0.39, 0.29) is 5.91 Å². The number of amides is 1. The van der Waals surface area contributed by atoms with Crippen LogP contribution in [0.25, 0.3) is 0 Å². The van der Waals surface area contributed by atoms with Crippen molar-refractivity contribution in [1.82, 2.24) is 5.32 Å². The zero-order valence-corrected chi connectivity index (χ0v) is 12.2. The number of carbonyl (C=O) groups is 1. The lowest BCUT2D eigenvalue weighted by atomic mass is 10.0. The summed E-state index contributed by atoms with van der Waals surface area (Å²) in [6, 6.07) is 5.46. The Bertz CT molecular complexity index is 468. The molecule has 0 atom stereocenters. The molecule has 5 heteroatoms. The third kappa shape index (κ3) is 3.22. The highest BCUT2D eigenvalue weighted by Crippen LogP contribution is 2.27. The maximum absolute atomic E-state index is 12.1. The third-order valence-corrected chi connectivity index (χ3v) is 3.72. The molecule has 1 heterocycles. The second-order valence-electron chi connectivity index (χ2n) is 5.06. The summed E-state index contributed by atoms with van der Waals surface area (Å²) < 4.78 is 5.38. The first-order chi connectivity index (χ1) is 9.65. The number of nitrogens with two attached hydrogens (primary N) is 1. The smallest absolute Gasteiger partial charge is 0.253 e. The molecule has 1 aliphatic rings. The average Bonchev–Trinajstić information content (AvgIpc) is 2.47. The average molecular weight is 277 g/mol. The maximum atomic E-state index is 12.1. The molecular weight excluding hydrogens is 254 g/mol. The van der Waals surface area contributed by atoms with E-state index in [4.69, 9.17) is 10.5 Å². The minimum absolute atomic E-state index is 0.0450. The van der Waals surface area contributed by atoms with E-state index in [1.54, 1.807) is 19.2 Å². The SMILES string of the molecule is CCNC(=O)c1ccc(N)cc1N1CCC(OC)CC1. The molecule has 110 valence electrons. The van der Waals surface area contributed by atoms with E-state index >= 15 is 0 Å². The Balaban J connectivity index is 2.21. The second kappa shape index (κ2) is 6.61. The molecule has 3 N–H and O–H groups in total. The Morgan fingerprint density at radius 3 is 2.75 bits per heavy atom. The number of rotatable bonds is 4. The number of ether oxygens (including phenoxy) is 1. The van der Waals surface area contributed by atoms with Gasteiger partial charge in [0.1, 0.15) is 0 Å². The molecule has 0 bridgehead atoms. The molecule has 1 saturated heterocycles. The van der Waals surface area contributed by atoms with Gasteiger partial charge in [0.2, 0.25) is 0 Å². The number of hydrogen-bond acceptors (Lipinski definition) is 4. The Hall–Kier alpha value is -1.75. The van der Waals surface area contributed by atoms with E-state index in [1.165, 1.54) is 0 Å². The van der Waals surface area contributed by atoms with E-state index in [2.05, 4.69) is 10.2 Å². The molecule has 5 nitrogen and oxygen atoms in total. The number of methoxy groups -OCH3 is 1. The van der Waals surface area contributed by atoms with Gasteiger partial charge in [-0.05, 0) is 38.0 Å². The van der Waals surface area contributed by atoms with Gasteiger partial charge in [-0.2, -0.15) is 0 Å². The van der Waals surface area contributed by atoms with Gasteiger partial charge in [0.15, 0.2) is 0 Å². The molecule has 20 heavy (non-hydrogen) atoms. The minimum Gasteiger partial charge on any atom is -0.399 e. The molecule has 1 aromatic carbocycles. The Morgan fingerprint density at radius 1 is 1.45 bits per heavy atom. The van der Waals surface area contributed by atoms with Gasteiger partial charge in [0, 0.05) is 32.4 Å². The highest BCUT2D eigenvalue weighted by molar-refractivity contribution is 6.00. The summed E-state index contributed by atoms with van der Waals surface area (Å²) >= 11 is 0. The summed E-state index contributed by atoms with van der Waals surface area (Å²) in [6.07, 6.45) is 2.26. The molecule has 1 aliphatic heterocycles. The number of benzene rings is 1. The Morgan fingerprint density at radius 2 is 2.15 bits per heavy atom. The summed E-state index contributed by atoms with van der Waals surface area (Å²) in [7, 11) is 1.75. The first-order valence-corrected chi connectivity index (χ1v) is 7.11. The lowest BCUT2D eigenvalue weighted by molar-refractivity contribution is 0.0818. The van der Waals surface area contributed by atoms with Gasteiger partial charge in [0.05, 0.1) is 17.4 Å². The number of nitrogens with one attached hydrogen (secondary N) is 1. The Labute approximate surface area is 120 Å². The number of anilines is 2. The molecule has 0 radical (unpaired) electrons. The quantitative estimate of drug-likeness (QED) is 0.821. The summed E-state index contributed by atoms with van der Waals surface area (Å²) in [5.74, 6) is -0.0450. The van der Waals surface area contributed by atoms with Gasteiger partial charge in [-0.25, -0.2) is 0 Å². The fraction of sp³-hybridized carbons (Fsp3) is 0.533. The van der Waals surface area contributed by atoms with Crippen LogP contribution < -0.4 is 16.0 Å². The first kappa shape index (κ1) is 14.7. The van der Waals surface area contributed by atoms with Crippen molar-refractivity contribution in [2.45, 2.75) is 25.9 Å². The van der Waals surface area contributed by atoms with Crippen LogP contribution in [0.5, 0.6) is 0 Å². The highest BCUT2D eigenvalue weighted by Gasteiger charge is 2.22. The summed E-state index contributed by atoms with van der Waals surface area (Å²) in [4.78, 5) is 14.4. The van der Waals surface area contributed by atoms with E-state index in [1.807, 2.05) is 13.0 Å².